The van der Waals surface area contributed by atoms with Crippen LogP contribution in [0.5, 0.6) is 0 Å². The number of nitrogens with zero attached hydrogens (tertiary/aromatic N) is 2. The molecule has 2 aromatic carbocycles. The highest BCUT2D eigenvalue weighted by Gasteiger charge is 2.10. The summed E-state index contributed by atoms with van der Waals surface area (Å²) >= 11 is 1.37. The number of thioether (sulfide) groups is 1. The van der Waals surface area contributed by atoms with Crippen LogP contribution in [0, 0.1) is 0 Å². The van der Waals surface area contributed by atoms with E-state index in [2.05, 4.69) is 15.5 Å². The van der Waals surface area contributed by atoms with Crippen LogP contribution in [0.3, 0.4) is 0 Å². The largest absolute Gasteiger partial charge is 0.478 e. The predicted octanol–water partition coefficient (Wildman–Crippen LogP) is 3.69. The number of carboxylic acids is 1. The maximum atomic E-state index is 11.0. The summed E-state index contributed by atoms with van der Waals surface area (Å²) in [7, 11) is 0. The minimum Gasteiger partial charge on any atom is -0.478 e. The molecule has 1 amide bonds. The van der Waals surface area contributed by atoms with Crippen LogP contribution in [-0.4, -0.2) is 27.2 Å². The fraction of sp³-hybridized carbons (Fsp3) is 0.111. The molecule has 132 valence electrons. The van der Waals surface area contributed by atoms with Crippen LogP contribution in [0.4, 0.5) is 5.69 Å². The lowest BCUT2D eigenvalue weighted by Gasteiger charge is -2.02. The lowest BCUT2D eigenvalue weighted by Crippen LogP contribution is -2.05. The molecule has 1 heterocycles. The Morgan fingerprint density at radius 1 is 1.08 bits per heavy atom. The molecule has 0 atom stereocenters. The van der Waals surface area contributed by atoms with Crippen LogP contribution in [0.2, 0.25) is 0 Å². The van der Waals surface area contributed by atoms with E-state index in [9.17, 15) is 9.59 Å². The normalized spacial score (nSPS) is 10.5. The monoisotopic (exact) mass is 369 g/mol. The molecule has 3 rings (SSSR count). The minimum absolute atomic E-state index is 0.134. The predicted molar refractivity (Wildman–Crippen MR) is 97.0 cm³/mol. The minimum atomic E-state index is -0.949. The number of carboxylic acid groups (broad SMARTS) is 1. The summed E-state index contributed by atoms with van der Waals surface area (Å²) in [6, 6.07) is 13.7. The fourth-order valence-corrected chi connectivity index (χ4v) is 2.89. The van der Waals surface area contributed by atoms with Crippen LogP contribution < -0.4 is 5.32 Å². The number of carbonyl (C=O) groups excluding carboxylic acids is 1. The maximum absolute atomic E-state index is 11.0. The first-order valence-corrected chi connectivity index (χ1v) is 8.66. The second kappa shape index (κ2) is 7.83. The Morgan fingerprint density at radius 2 is 1.77 bits per heavy atom. The van der Waals surface area contributed by atoms with Gasteiger partial charge in [0.2, 0.25) is 11.8 Å². The van der Waals surface area contributed by atoms with Gasteiger partial charge in [0.05, 0.1) is 5.56 Å². The Bertz CT molecular complexity index is 920. The second-order valence-electron chi connectivity index (χ2n) is 5.42. The number of aromatic nitrogens is 2. The van der Waals surface area contributed by atoms with Crippen LogP contribution in [0.25, 0.3) is 11.5 Å². The van der Waals surface area contributed by atoms with Crippen molar-refractivity contribution in [2.75, 3.05) is 5.32 Å². The molecule has 0 spiro atoms. The molecule has 26 heavy (non-hydrogen) atoms. The zero-order chi connectivity index (χ0) is 18.5. The average molecular weight is 369 g/mol. The highest BCUT2D eigenvalue weighted by Crippen LogP contribution is 2.26. The van der Waals surface area contributed by atoms with E-state index in [1.165, 1.54) is 18.7 Å². The number of aromatic carboxylic acids is 1. The third-order valence-electron chi connectivity index (χ3n) is 3.42. The third kappa shape index (κ3) is 4.48. The summed E-state index contributed by atoms with van der Waals surface area (Å²) in [6.45, 7) is 1.45. The number of rotatable bonds is 6. The van der Waals surface area contributed by atoms with E-state index >= 15 is 0 Å². The van der Waals surface area contributed by atoms with Crippen molar-refractivity contribution < 1.29 is 19.1 Å². The molecular formula is C18H15N3O4S. The van der Waals surface area contributed by atoms with Gasteiger partial charge in [-0.15, -0.1) is 10.2 Å². The Kier molecular flexibility index (Phi) is 5.33. The number of carbonyl (C=O) groups is 2. The molecule has 0 radical (unpaired) electrons. The van der Waals surface area contributed by atoms with Gasteiger partial charge in [-0.25, -0.2) is 4.79 Å². The Balaban J connectivity index is 1.62. The van der Waals surface area contributed by atoms with Crippen LogP contribution in [0.1, 0.15) is 22.8 Å². The SMILES string of the molecule is CC(=O)Nc1ccc(-c2nnc(SCc3ccc(C(=O)O)cc3)o2)cc1. The molecule has 0 aliphatic carbocycles. The van der Waals surface area contributed by atoms with E-state index in [1.54, 1.807) is 48.5 Å². The van der Waals surface area contributed by atoms with Gasteiger partial charge in [0, 0.05) is 23.9 Å². The molecule has 2 N–H and O–H groups in total. The highest BCUT2D eigenvalue weighted by atomic mass is 32.2. The third-order valence-corrected chi connectivity index (χ3v) is 4.31. The lowest BCUT2D eigenvalue weighted by molar-refractivity contribution is -0.114. The van der Waals surface area contributed by atoms with Gasteiger partial charge in [-0.3, -0.25) is 4.79 Å². The van der Waals surface area contributed by atoms with Gasteiger partial charge < -0.3 is 14.8 Å². The first-order chi connectivity index (χ1) is 12.5. The van der Waals surface area contributed by atoms with Crippen LogP contribution in [0.15, 0.2) is 58.2 Å². The molecule has 7 nitrogen and oxygen atoms in total. The Morgan fingerprint density at radius 3 is 2.38 bits per heavy atom. The standard InChI is InChI=1S/C18H15N3O4S/c1-11(22)19-15-8-6-13(7-9-15)16-20-21-18(25-16)26-10-12-2-4-14(5-3-12)17(23)24/h2-9H,10H2,1H3,(H,19,22)(H,23,24). The van der Waals surface area contributed by atoms with E-state index in [0.29, 0.717) is 22.6 Å². The summed E-state index contributed by atoms with van der Waals surface area (Å²) < 4.78 is 5.63. The molecule has 3 aromatic rings. The summed E-state index contributed by atoms with van der Waals surface area (Å²) in [5.74, 6) is -0.104. The average Bonchev–Trinajstić information content (AvgIpc) is 3.09. The molecule has 0 aliphatic heterocycles. The smallest absolute Gasteiger partial charge is 0.335 e. The van der Waals surface area contributed by atoms with Crippen molar-refractivity contribution in [1.82, 2.24) is 10.2 Å². The van der Waals surface area contributed by atoms with Crippen molar-refractivity contribution >= 4 is 29.3 Å². The zero-order valence-electron chi connectivity index (χ0n) is 13.8. The second-order valence-corrected chi connectivity index (χ2v) is 6.35. The van der Waals surface area contributed by atoms with Gasteiger partial charge in [0.25, 0.3) is 5.22 Å². The number of nitrogens with one attached hydrogen (secondary N) is 1. The molecule has 0 bridgehead atoms. The Labute approximate surface area is 153 Å². The molecule has 0 saturated carbocycles. The molecule has 0 unspecified atom stereocenters. The number of hydrogen-bond donors (Lipinski definition) is 2. The summed E-state index contributed by atoms with van der Waals surface area (Å²) in [5, 5.41) is 20.0. The van der Waals surface area contributed by atoms with Gasteiger partial charge >= 0.3 is 5.97 Å². The fourth-order valence-electron chi connectivity index (χ4n) is 2.17. The molecular weight excluding hydrogens is 354 g/mol. The van der Waals surface area contributed by atoms with Crippen molar-refractivity contribution in [3.05, 3.63) is 59.7 Å². The molecule has 1 aromatic heterocycles. The summed E-state index contributed by atoms with van der Waals surface area (Å²) in [4.78, 5) is 21.9. The van der Waals surface area contributed by atoms with Crippen molar-refractivity contribution in [1.29, 1.82) is 0 Å². The quantitative estimate of drug-likeness (QED) is 0.638. The zero-order valence-corrected chi connectivity index (χ0v) is 14.6. The molecule has 0 aliphatic rings. The summed E-state index contributed by atoms with van der Waals surface area (Å²) in [6.07, 6.45) is 0. The number of amides is 1. The van der Waals surface area contributed by atoms with E-state index < -0.39 is 5.97 Å². The van der Waals surface area contributed by atoms with Gasteiger partial charge in [0.15, 0.2) is 0 Å². The van der Waals surface area contributed by atoms with E-state index in [1.807, 2.05) is 0 Å². The molecule has 0 fully saturated rings. The first-order valence-electron chi connectivity index (χ1n) is 7.68. The molecule has 8 heteroatoms. The highest BCUT2D eigenvalue weighted by molar-refractivity contribution is 7.98. The van der Waals surface area contributed by atoms with E-state index in [0.717, 1.165) is 11.1 Å². The van der Waals surface area contributed by atoms with Gasteiger partial charge in [0.1, 0.15) is 0 Å². The van der Waals surface area contributed by atoms with E-state index in [4.69, 9.17) is 9.52 Å². The first kappa shape index (κ1) is 17.7. The maximum Gasteiger partial charge on any atom is 0.335 e. The Hall–Kier alpha value is -3.13. The lowest BCUT2D eigenvalue weighted by atomic mass is 10.1. The van der Waals surface area contributed by atoms with Crippen LogP contribution >= 0.6 is 11.8 Å². The van der Waals surface area contributed by atoms with Crippen molar-refractivity contribution in [3.63, 3.8) is 0 Å². The number of benzene rings is 2. The topological polar surface area (TPSA) is 105 Å². The number of anilines is 1. The van der Waals surface area contributed by atoms with E-state index in [-0.39, 0.29) is 11.5 Å². The van der Waals surface area contributed by atoms with Crippen molar-refractivity contribution in [2.45, 2.75) is 17.9 Å². The number of hydrogen-bond acceptors (Lipinski definition) is 6. The summed E-state index contributed by atoms with van der Waals surface area (Å²) in [5.41, 5.74) is 2.66. The van der Waals surface area contributed by atoms with Crippen molar-refractivity contribution in [3.8, 4) is 11.5 Å². The molecule has 0 saturated heterocycles. The van der Waals surface area contributed by atoms with Gasteiger partial charge in [-0.05, 0) is 42.0 Å². The van der Waals surface area contributed by atoms with Gasteiger partial charge in [-0.1, -0.05) is 23.9 Å². The van der Waals surface area contributed by atoms with Gasteiger partial charge in [-0.2, -0.15) is 0 Å². The van der Waals surface area contributed by atoms with Crippen LogP contribution in [-0.2, 0) is 10.5 Å². The van der Waals surface area contributed by atoms with Crippen molar-refractivity contribution in [2.24, 2.45) is 0 Å².